The number of rotatable bonds is 5. The van der Waals surface area contributed by atoms with Crippen molar-refractivity contribution in [2.24, 2.45) is 0 Å². The van der Waals surface area contributed by atoms with Crippen molar-refractivity contribution < 1.29 is 9.13 Å². The van der Waals surface area contributed by atoms with Gasteiger partial charge in [-0.3, -0.25) is 0 Å². The van der Waals surface area contributed by atoms with E-state index in [1.54, 1.807) is 12.1 Å². The first-order valence-electron chi connectivity index (χ1n) is 7.06. The van der Waals surface area contributed by atoms with Gasteiger partial charge in [0.1, 0.15) is 18.2 Å². The fraction of sp³-hybridized carbons (Fsp3) is 0.235. The first-order chi connectivity index (χ1) is 10.5. The van der Waals surface area contributed by atoms with Crippen LogP contribution >= 0.6 is 12.2 Å². The van der Waals surface area contributed by atoms with Crippen LogP contribution in [0.3, 0.4) is 0 Å². The van der Waals surface area contributed by atoms with Crippen LogP contribution in [0, 0.1) is 12.7 Å². The van der Waals surface area contributed by atoms with Crippen LogP contribution in [0.1, 0.15) is 12.5 Å². The topological polar surface area (TPSA) is 33.3 Å². The van der Waals surface area contributed by atoms with E-state index in [0.29, 0.717) is 11.7 Å². The number of hydrogen-bond acceptors (Lipinski definition) is 2. The molecule has 22 heavy (non-hydrogen) atoms. The molecular weight excluding hydrogens is 299 g/mol. The summed E-state index contributed by atoms with van der Waals surface area (Å²) in [5.41, 5.74) is 1.84. The molecule has 0 saturated heterocycles. The van der Waals surface area contributed by atoms with Crippen molar-refractivity contribution in [1.29, 1.82) is 0 Å². The van der Waals surface area contributed by atoms with Gasteiger partial charge >= 0.3 is 0 Å². The maximum absolute atomic E-state index is 12.8. The Kier molecular flexibility index (Phi) is 5.72. The molecule has 0 spiro atoms. The van der Waals surface area contributed by atoms with Crippen molar-refractivity contribution in [3.63, 3.8) is 0 Å². The zero-order valence-corrected chi connectivity index (χ0v) is 13.4. The van der Waals surface area contributed by atoms with Gasteiger partial charge in [0.25, 0.3) is 0 Å². The maximum atomic E-state index is 12.8. The van der Waals surface area contributed by atoms with Crippen molar-refractivity contribution in [1.82, 2.24) is 5.32 Å². The summed E-state index contributed by atoms with van der Waals surface area (Å²) in [4.78, 5) is 0. The number of nitrogens with one attached hydrogen (secondary N) is 2. The van der Waals surface area contributed by atoms with Gasteiger partial charge in [-0.2, -0.15) is 0 Å². The monoisotopic (exact) mass is 318 g/mol. The van der Waals surface area contributed by atoms with Gasteiger partial charge in [0.15, 0.2) is 5.11 Å². The Labute approximate surface area is 135 Å². The first kappa shape index (κ1) is 16.2. The molecule has 2 aromatic rings. The Bertz CT molecular complexity index is 631. The average molecular weight is 318 g/mol. The summed E-state index contributed by atoms with van der Waals surface area (Å²) in [6.07, 6.45) is 0. The van der Waals surface area contributed by atoms with Gasteiger partial charge in [0.05, 0.1) is 6.04 Å². The largest absolute Gasteiger partial charge is 0.491 e. The lowest BCUT2D eigenvalue weighted by molar-refractivity contribution is 0.285. The number of thiocarbonyl (C=S) groups is 1. The molecule has 3 nitrogen and oxygen atoms in total. The van der Waals surface area contributed by atoms with Gasteiger partial charge in [-0.15, -0.1) is 0 Å². The standard InChI is InChI=1S/C17H19FN2OS/c1-12-5-3-4-6-16(12)21-11-13(2)19-17(22)20-15-9-7-14(18)8-10-15/h3-10,13H,11H2,1-2H3,(H2,19,20,22). The third-order valence-corrected chi connectivity index (χ3v) is 3.28. The highest BCUT2D eigenvalue weighted by Crippen LogP contribution is 2.16. The Morgan fingerprint density at radius 3 is 2.55 bits per heavy atom. The highest BCUT2D eigenvalue weighted by atomic mass is 32.1. The molecule has 2 aromatic carbocycles. The Balaban J connectivity index is 1.79. The number of hydrogen-bond donors (Lipinski definition) is 2. The number of anilines is 1. The molecule has 0 fully saturated rings. The second-order valence-electron chi connectivity index (χ2n) is 5.08. The molecule has 0 aliphatic rings. The Morgan fingerprint density at radius 1 is 1.18 bits per heavy atom. The summed E-state index contributed by atoms with van der Waals surface area (Å²) >= 11 is 5.23. The number of ether oxygens (including phenoxy) is 1. The van der Waals surface area contributed by atoms with Crippen molar-refractivity contribution >= 4 is 23.0 Å². The minimum atomic E-state index is -0.274. The summed E-state index contributed by atoms with van der Waals surface area (Å²) < 4.78 is 18.6. The second-order valence-corrected chi connectivity index (χ2v) is 5.49. The second kappa shape index (κ2) is 7.75. The molecule has 0 saturated carbocycles. The van der Waals surface area contributed by atoms with Crippen molar-refractivity contribution in [3.8, 4) is 5.75 Å². The molecule has 1 unspecified atom stereocenters. The molecule has 1 atom stereocenters. The van der Waals surface area contributed by atoms with Gasteiger partial charge in [0.2, 0.25) is 0 Å². The van der Waals surface area contributed by atoms with Crippen molar-refractivity contribution in [3.05, 3.63) is 59.9 Å². The van der Waals surface area contributed by atoms with Crippen LogP contribution in [0.15, 0.2) is 48.5 Å². The van der Waals surface area contributed by atoms with E-state index in [1.165, 1.54) is 12.1 Å². The molecule has 0 aromatic heterocycles. The minimum Gasteiger partial charge on any atom is -0.491 e. The molecule has 0 amide bonds. The maximum Gasteiger partial charge on any atom is 0.171 e. The van der Waals surface area contributed by atoms with E-state index < -0.39 is 0 Å². The molecule has 116 valence electrons. The first-order valence-corrected chi connectivity index (χ1v) is 7.47. The summed E-state index contributed by atoms with van der Waals surface area (Å²) in [6.45, 7) is 4.49. The molecule has 0 bridgehead atoms. The summed E-state index contributed by atoms with van der Waals surface area (Å²) in [7, 11) is 0. The molecule has 5 heteroatoms. The fourth-order valence-electron chi connectivity index (χ4n) is 1.90. The van der Waals surface area contributed by atoms with E-state index in [0.717, 1.165) is 17.0 Å². The van der Waals surface area contributed by atoms with Gasteiger partial charge in [0, 0.05) is 5.69 Å². The Hall–Kier alpha value is -2.14. The summed E-state index contributed by atoms with van der Waals surface area (Å²) in [6, 6.07) is 14.0. The zero-order chi connectivity index (χ0) is 15.9. The van der Waals surface area contributed by atoms with Crippen LogP contribution in [0.5, 0.6) is 5.75 Å². The van der Waals surface area contributed by atoms with Crippen LogP contribution in [-0.4, -0.2) is 17.8 Å². The highest BCUT2D eigenvalue weighted by Gasteiger charge is 2.06. The highest BCUT2D eigenvalue weighted by molar-refractivity contribution is 7.80. The van der Waals surface area contributed by atoms with Crippen molar-refractivity contribution in [2.75, 3.05) is 11.9 Å². The van der Waals surface area contributed by atoms with E-state index in [-0.39, 0.29) is 11.9 Å². The number of benzene rings is 2. The predicted octanol–water partition coefficient (Wildman–Crippen LogP) is 3.89. The molecule has 0 heterocycles. The predicted molar refractivity (Wildman–Crippen MR) is 91.9 cm³/mol. The van der Waals surface area contributed by atoms with E-state index in [9.17, 15) is 4.39 Å². The third-order valence-electron chi connectivity index (χ3n) is 3.06. The van der Waals surface area contributed by atoms with E-state index in [2.05, 4.69) is 10.6 Å². The number of halogens is 1. The average Bonchev–Trinajstić information content (AvgIpc) is 2.49. The SMILES string of the molecule is Cc1ccccc1OCC(C)NC(=S)Nc1ccc(F)cc1. The molecular formula is C17H19FN2OS. The smallest absolute Gasteiger partial charge is 0.171 e. The third kappa shape index (κ3) is 5.00. The summed E-state index contributed by atoms with van der Waals surface area (Å²) in [5.74, 6) is 0.595. The van der Waals surface area contributed by atoms with Gasteiger partial charge in [-0.1, -0.05) is 18.2 Å². The lowest BCUT2D eigenvalue weighted by atomic mass is 10.2. The number of para-hydroxylation sites is 1. The van der Waals surface area contributed by atoms with Crippen LogP contribution < -0.4 is 15.4 Å². The lowest BCUT2D eigenvalue weighted by Crippen LogP contribution is -2.39. The van der Waals surface area contributed by atoms with E-state index >= 15 is 0 Å². The van der Waals surface area contributed by atoms with E-state index in [1.807, 2.05) is 38.1 Å². The van der Waals surface area contributed by atoms with Crippen LogP contribution in [0.2, 0.25) is 0 Å². The molecule has 2 rings (SSSR count). The normalized spacial score (nSPS) is 11.6. The fourth-order valence-corrected chi connectivity index (χ4v) is 2.22. The molecule has 2 N–H and O–H groups in total. The van der Waals surface area contributed by atoms with Crippen LogP contribution in [0.25, 0.3) is 0 Å². The summed E-state index contributed by atoms with van der Waals surface area (Å²) in [5, 5.41) is 6.62. The molecule has 0 aliphatic carbocycles. The van der Waals surface area contributed by atoms with Crippen LogP contribution in [-0.2, 0) is 0 Å². The number of aryl methyl sites for hydroxylation is 1. The molecule has 0 aliphatic heterocycles. The quantitative estimate of drug-likeness (QED) is 0.820. The zero-order valence-electron chi connectivity index (χ0n) is 12.6. The van der Waals surface area contributed by atoms with Crippen molar-refractivity contribution in [2.45, 2.75) is 19.9 Å². The molecule has 0 radical (unpaired) electrons. The van der Waals surface area contributed by atoms with Gasteiger partial charge in [-0.25, -0.2) is 4.39 Å². The Morgan fingerprint density at radius 2 is 1.86 bits per heavy atom. The van der Waals surface area contributed by atoms with Gasteiger partial charge in [-0.05, 0) is 62.0 Å². The van der Waals surface area contributed by atoms with Gasteiger partial charge < -0.3 is 15.4 Å². The minimum absolute atomic E-state index is 0.0417. The van der Waals surface area contributed by atoms with E-state index in [4.69, 9.17) is 17.0 Å². The van der Waals surface area contributed by atoms with Crippen LogP contribution in [0.4, 0.5) is 10.1 Å². The lowest BCUT2D eigenvalue weighted by Gasteiger charge is -2.18.